The molecule has 0 aromatic carbocycles. The van der Waals surface area contributed by atoms with Crippen molar-refractivity contribution in [3.63, 3.8) is 0 Å². The van der Waals surface area contributed by atoms with Crippen molar-refractivity contribution in [3.05, 3.63) is 22.6 Å². The Hall–Kier alpha value is -1.54. The summed E-state index contributed by atoms with van der Waals surface area (Å²) < 4.78 is 1.23. The highest BCUT2D eigenvalue weighted by Crippen LogP contribution is 2.16. The first-order valence-corrected chi connectivity index (χ1v) is 6.50. The Labute approximate surface area is 111 Å². The number of halogens is 1. The molecule has 0 saturated carbocycles. The second-order valence-electron chi connectivity index (χ2n) is 4.38. The summed E-state index contributed by atoms with van der Waals surface area (Å²) in [4.78, 5) is 14.0. The molecule has 1 aromatic rings. The molecule has 1 fully saturated rings. The van der Waals surface area contributed by atoms with Gasteiger partial charge in [-0.15, -0.1) is 11.6 Å². The minimum absolute atomic E-state index is 0.122. The van der Waals surface area contributed by atoms with E-state index < -0.39 is 5.38 Å². The van der Waals surface area contributed by atoms with Crippen molar-refractivity contribution in [2.24, 2.45) is 0 Å². The fourth-order valence-electron chi connectivity index (χ4n) is 2.08. The van der Waals surface area contributed by atoms with E-state index >= 15 is 0 Å². The van der Waals surface area contributed by atoms with E-state index in [0.29, 0.717) is 0 Å². The van der Waals surface area contributed by atoms with Gasteiger partial charge in [-0.2, -0.15) is 10.4 Å². The number of rotatable bonds is 3. The van der Waals surface area contributed by atoms with Gasteiger partial charge in [0.25, 0.3) is 5.56 Å². The summed E-state index contributed by atoms with van der Waals surface area (Å²) in [6.45, 7) is 2.07. The molecule has 18 heavy (non-hydrogen) atoms. The molecule has 0 N–H and O–H groups in total. The third-order valence-corrected chi connectivity index (χ3v) is 3.29. The van der Waals surface area contributed by atoms with Crippen LogP contribution in [0.4, 0.5) is 5.69 Å². The van der Waals surface area contributed by atoms with Crippen LogP contribution in [0, 0.1) is 11.3 Å². The van der Waals surface area contributed by atoms with Crippen LogP contribution in [-0.4, -0.2) is 28.2 Å². The van der Waals surface area contributed by atoms with Crippen LogP contribution in [-0.2, 0) is 6.54 Å². The highest BCUT2D eigenvalue weighted by Gasteiger charge is 2.13. The maximum absolute atomic E-state index is 11.8. The van der Waals surface area contributed by atoms with Crippen LogP contribution in [0.3, 0.4) is 0 Å². The molecule has 0 spiro atoms. The third-order valence-electron chi connectivity index (χ3n) is 3.05. The molecule has 96 valence electrons. The molecule has 5 nitrogen and oxygen atoms in total. The first-order valence-electron chi connectivity index (χ1n) is 6.06. The molecule has 0 amide bonds. The number of nitriles is 1. The van der Waals surface area contributed by atoms with Crippen molar-refractivity contribution in [2.75, 3.05) is 18.0 Å². The van der Waals surface area contributed by atoms with Crippen LogP contribution in [0.15, 0.2) is 17.1 Å². The first kappa shape index (κ1) is 12.9. The average molecular weight is 267 g/mol. The molecule has 1 aliphatic heterocycles. The van der Waals surface area contributed by atoms with Gasteiger partial charge in [-0.05, 0) is 19.3 Å². The summed E-state index contributed by atoms with van der Waals surface area (Å²) in [6, 6.07) is 3.44. The van der Waals surface area contributed by atoms with Crippen LogP contribution in [0.5, 0.6) is 0 Å². The van der Waals surface area contributed by atoms with Gasteiger partial charge in [-0.25, -0.2) is 4.68 Å². The van der Waals surface area contributed by atoms with Gasteiger partial charge >= 0.3 is 0 Å². The molecule has 1 aromatic heterocycles. The summed E-state index contributed by atoms with van der Waals surface area (Å²) in [6.07, 6.45) is 5.23. The maximum atomic E-state index is 11.8. The van der Waals surface area contributed by atoms with Crippen molar-refractivity contribution in [2.45, 2.75) is 31.2 Å². The van der Waals surface area contributed by atoms with Crippen molar-refractivity contribution in [1.29, 1.82) is 5.26 Å². The van der Waals surface area contributed by atoms with Gasteiger partial charge in [-0.3, -0.25) is 4.79 Å². The fourth-order valence-corrected chi connectivity index (χ4v) is 2.21. The lowest BCUT2D eigenvalue weighted by Gasteiger charge is -2.28. The van der Waals surface area contributed by atoms with Crippen LogP contribution in [0.2, 0.25) is 0 Å². The van der Waals surface area contributed by atoms with E-state index in [1.807, 2.05) is 6.07 Å². The number of nitrogens with zero attached hydrogens (tertiary/aromatic N) is 4. The largest absolute Gasteiger partial charge is 0.370 e. The average Bonchev–Trinajstić information content (AvgIpc) is 2.42. The van der Waals surface area contributed by atoms with Crippen molar-refractivity contribution in [1.82, 2.24) is 9.78 Å². The van der Waals surface area contributed by atoms with Crippen LogP contribution >= 0.6 is 11.6 Å². The molecule has 1 aliphatic rings. The Bertz CT molecular complexity index is 502. The van der Waals surface area contributed by atoms with Gasteiger partial charge < -0.3 is 4.90 Å². The third kappa shape index (κ3) is 3.02. The van der Waals surface area contributed by atoms with E-state index in [0.717, 1.165) is 31.6 Å². The number of anilines is 1. The zero-order valence-electron chi connectivity index (χ0n) is 10.0. The quantitative estimate of drug-likeness (QED) is 0.775. The second kappa shape index (κ2) is 5.87. The molecular weight excluding hydrogens is 252 g/mol. The van der Waals surface area contributed by atoms with Gasteiger partial charge in [0.2, 0.25) is 0 Å². The maximum Gasteiger partial charge on any atom is 0.268 e. The molecule has 1 atom stereocenters. The van der Waals surface area contributed by atoms with Crippen LogP contribution < -0.4 is 10.5 Å². The molecule has 2 rings (SSSR count). The molecular formula is C12H15ClN4O. The van der Waals surface area contributed by atoms with E-state index in [9.17, 15) is 4.79 Å². The van der Waals surface area contributed by atoms with E-state index in [2.05, 4.69) is 10.00 Å². The van der Waals surface area contributed by atoms with Crippen molar-refractivity contribution in [3.8, 4) is 6.07 Å². The van der Waals surface area contributed by atoms with Crippen LogP contribution in [0.1, 0.15) is 19.3 Å². The SMILES string of the molecule is N#CC(Cl)Cn1ncc(N2CCCCC2)cc1=O. The zero-order valence-corrected chi connectivity index (χ0v) is 10.8. The fraction of sp³-hybridized carbons (Fsp3) is 0.583. The molecule has 1 unspecified atom stereocenters. The number of hydrogen-bond acceptors (Lipinski definition) is 4. The lowest BCUT2D eigenvalue weighted by molar-refractivity contribution is 0.564. The van der Waals surface area contributed by atoms with E-state index in [1.165, 1.54) is 11.1 Å². The molecule has 1 saturated heterocycles. The number of alkyl halides is 1. The second-order valence-corrected chi connectivity index (χ2v) is 4.91. The predicted molar refractivity (Wildman–Crippen MR) is 69.8 cm³/mol. The Morgan fingerprint density at radius 1 is 1.44 bits per heavy atom. The van der Waals surface area contributed by atoms with Gasteiger partial charge in [0, 0.05) is 19.2 Å². The Morgan fingerprint density at radius 2 is 2.17 bits per heavy atom. The summed E-state index contributed by atoms with van der Waals surface area (Å²) in [5.41, 5.74) is 0.651. The van der Waals surface area contributed by atoms with E-state index in [-0.39, 0.29) is 12.1 Å². The minimum Gasteiger partial charge on any atom is -0.370 e. The topological polar surface area (TPSA) is 61.9 Å². The number of piperidine rings is 1. The summed E-state index contributed by atoms with van der Waals surface area (Å²) in [5.74, 6) is 0. The summed E-state index contributed by atoms with van der Waals surface area (Å²) in [5, 5.41) is 12.0. The Balaban J connectivity index is 2.14. The number of aromatic nitrogens is 2. The number of hydrogen-bond donors (Lipinski definition) is 0. The van der Waals surface area contributed by atoms with Gasteiger partial charge in [0.05, 0.1) is 24.5 Å². The molecule has 2 heterocycles. The first-order chi connectivity index (χ1) is 8.70. The smallest absolute Gasteiger partial charge is 0.268 e. The Kier molecular flexibility index (Phi) is 4.21. The van der Waals surface area contributed by atoms with E-state index in [1.54, 1.807) is 12.3 Å². The summed E-state index contributed by atoms with van der Waals surface area (Å²) in [7, 11) is 0. The van der Waals surface area contributed by atoms with Crippen molar-refractivity contribution >= 4 is 17.3 Å². The summed E-state index contributed by atoms with van der Waals surface area (Å²) >= 11 is 5.69. The highest BCUT2D eigenvalue weighted by molar-refractivity contribution is 6.22. The zero-order chi connectivity index (χ0) is 13.0. The molecule has 0 radical (unpaired) electrons. The standard InChI is InChI=1S/C12H15ClN4O/c13-10(7-14)9-17-12(18)6-11(8-15-17)16-4-2-1-3-5-16/h6,8,10H,1-5,9H2. The highest BCUT2D eigenvalue weighted by atomic mass is 35.5. The predicted octanol–water partition coefficient (Wildman–Crippen LogP) is 1.36. The van der Waals surface area contributed by atoms with Gasteiger partial charge in [-0.1, -0.05) is 0 Å². The normalized spacial score (nSPS) is 17.2. The Morgan fingerprint density at radius 3 is 2.78 bits per heavy atom. The lowest BCUT2D eigenvalue weighted by Crippen LogP contribution is -2.32. The van der Waals surface area contributed by atoms with Gasteiger partial charge in [0.15, 0.2) is 0 Å². The lowest BCUT2D eigenvalue weighted by atomic mass is 10.1. The molecule has 6 heteroatoms. The molecule has 0 aliphatic carbocycles. The van der Waals surface area contributed by atoms with Crippen molar-refractivity contribution < 1.29 is 0 Å². The van der Waals surface area contributed by atoms with Gasteiger partial charge in [0.1, 0.15) is 5.38 Å². The molecule has 0 bridgehead atoms. The van der Waals surface area contributed by atoms with E-state index in [4.69, 9.17) is 16.9 Å². The van der Waals surface area contributed by atoms with Crippen LogP contribution in [0.25, 0.3) is 0 Å². The minimum atomic E-state index is -0.726. The monoisotopic (exact) mass is 266 g/mol.